The van der Waals surface area contributed by atoms with E-state index < -0.39 is 5.97 Å². The van der Waals surface area contributed by atoms with Crippen LogP contribution in [0.5, 0.6) is 0 Å². The summed E-state index contributed by atoms with van der Waals surface area (Å²) in [5.74, 6) is -0.417. The average Bonchev–Trinajstić information content (AvgIpc) is 2.38. The highest BCUT2D eigenvalue weighted by Gasteiger charge is 2.10. The number of carboxylic acid groups (broad SMARTS) is 1. The molecule has 92 valence electrons. The van der Waals surface area contributed by atoms with Gasteiger partial charge in [-0.1, -0.05) is 30.3 Å². The van der Waals surface area contributed by atoms with E-state index in [0.29, 0.717) is 12.4 Å². The van der Waals surface area contributed by atoms with Crippen molar-refractivity contribution in [2.45, 2.75) is 6.42 Å². The molecule has 18 heavy (non-hydrogen) atoms. The van der Waals surface area contributed by atoms with Gasteiger partial charge in [-0.15, -0.1) is 6.58 Å². The lowest BCUT2D eigenvalue weighted by Crippen LogP contribution is -2.07. The van der Waals surface area contributed by atoms with Crippen molar-refractivity contribution in [2.24, 2.45) is 0 Å². The predicted octanol–water partition coefficient (Wildman–Crippen LogP) is 2.92. The van der Waals surface area contributed by atoms with Gasteiger partial charge in [-0.25, -0.2) is 9.78 Å². The van der Waals surface area contributed by atoms with E-state index in [-0.39, 0.29) is 5.69 Å². The molecule has 0 aliphatic carbocycles. The van der Waals surface area contributed by atoms with Gasteiger partial charge in [-0.2, -0.15) is 0 Å². The lowest BCUT2D eigenvalue weighted by Gasteiger charge is -2.09. The Kier molecular flexibility index (Phi) is 3.57. The molecule has 0 spiro atoms. The maximum absolute atomic E-state index is 11.0. The fraction of sp³-hybridized carbons (Fsp3) is 0.143. The van der Waals surface area contributed by atoms with Crippen molar-refractivity contribution in [2.75, 3.05) is 11.9 Å². The minimum absolute atomic E-state index is 0.0507. The van der Waals surface area contributed by atoms with Crippen LogP contribution in [-0.2, 0) is 0 Å². The maximum Gasteiger partial charge on any atom is 0.354 e. The Labute approximate surface area is 105 Å². The van der Waals surface area contributed by atoms with E-state index in [1.54, 1.807) is 12.1 Å². The molecule has 4 nitrogen and oxygen atoms in total. The highest BCUT2D eigenvalue weighted by molar-refractivity contribution is 5.97. The van der Waals surface area contributed by atoms with Gasteiger partial charge in [0.05, 0.1) is 0 Å². The molecule has 0 saturated heterocycles. The standard InChI is InChI=1S/C14H14N2O2/c1-2-3-8-15-13-11-7-5-4-6-10(11)9-12(16-13)14(17)18/h2,4-7,9H,1,3,8H2,(H,15,16)(H,17,18). The first-order valence-corrected chi connectivity index (χ1v) is 5.70. The summed E-state index contributed by atoms with van der Waals surface area (Å²) in [6.45, 7) is 4.33. The monoisotopic (exact) mass is 242 g/mol. The normalized spacial score (nSPS) is 10.2. The molecule has 0 unspecified atom stereocenters. The number of hydrogen-bond donors (Lipinski definition) is 2. The molecule has 1 heterocycles. The van der Waals surface area contributed by atoms with Crippen molar-refractivity contribution in [3.05, 3.63) is 48.7 Å². The van der Waals surface area contributed by atoms with Crippen LogP contribution < -0.4 is 5.32 Å². The molecular weight excluding hydrogens is 228 g/mol. The number of rotatable bonds is 5. The van der Waals surface area contributed by atoms with Crippen molar-refractivity contribution in [3.63, 3.8) is 0 Å². The van der Waals surface area contributed by atoms with Crippen LogP contribution in [0.3, 0.4) is 0 Å². The topological polar surface area (TPSA) is 62.2 Å². The zero-order chi connectivity index (χ0) is 13.0. The van der Waals surface area contributed by atoms with Gasteiger partial charge in [0, 0.05) is 11.9 Å². The molecule has 2 N–H and O–H groups in total. The molecule has 0 atom stereocenters. The van der Waals surface area contributed by atoms with E-state index in [1.165, 1.54) is 0 Å². The third-order valence-corrected chi connectivity index (χ3v) is 2.60. The predicted molar refractivity (Wildman–Crippen MR) is 72.0 cm³/mol. The molecule has 2 rings (SSSR count). The van der Waals surface area contributed by atoms with Crippen LogP contribution in [0.25, 0.3) is 10.8 Å². The van der Waals surface area contributed by atoms with Crippen LogP contribution >= 0.6 is 0 Å². The fourth-order valence-electron chi connectivity index (χ4n) is 1.74. The molecule has 0 fully saturated rings. The lowest BCUT2D eigenvalue weighted by atomic mass is 10.1. The lowest BCUT2D eigenvalue weighted by molar-refractivity contribution is 0.0691. The first kappa shape index (κ1) is 12.1. The van der Waals surface area contributed by atoms with Gasteiger partial charge < -0.3 is 10.4 Å². The third-order valence-electron chi connectivity index (χ3n) is 2.60. The van der Waals surface area contributed by atoms with Crippen LogP contribution in [0.4, 0.5) is 5.82 Å². The summed E-state index contributed by atoms with van der Waals surface area (Å²) < 4.78 is 0. The number of nitrogens with one attached hydrogen (secondary N) is 1. The molecule has 4 heteroatoms. The summed E-state index contributed by atoms with van der Waals surface area (Å²) in [7, 11) is 0. The summed E-state index contributed by atoms with van der Waals surface area (Å²) in [6.07, 6.45) is 2.60. The number of anilines is 1. The second-order valence-electron chi connectivity index (χ2n) is 3.89. The van der Waals surface area contributed by atoms with Gasteiger partial charge >= 0.3 is 5.97 Å². The smallest absolute Gasteiger partial charge is 0.354 e. The van der Waals surface area contributed by atoms with E-state index in [4.69, 9.17) is 5.11 Å². The van der Waals surface area contributed by atoms with Gasteiger partial charge in [-0.3, -0.25) is 0 Å². The highest BCUT2D eigenvalue weighted by atomic mass is 16.4. The van der Waals surface area contributed by atoms with Gasteiger partial charge in [0.25, 0.3) is 0 Å². The molecule has 0 amide bonds. The Morgan fingerprint density at radius 2 is 2.22 bits per heavy atom. The molecule has 0 bridgehead atoms. The summed E-state index contributed by atoms with van der Waals surface area (Å²) in [5.41, 5.74) is 0.0507. The quantitative estimate of drug-likeness (QED) is 0.625. The molecule has 0 aliphatic rings. The largest absolute Gasteiger partial charge is 0.477 e. The number of carbonyl (C=O) groups is 1. The number of aromatic nitrogens is 1. The van der Waals surface area contributed by atoms with E-state index in [1.807, 2.05) is 24.3 Å². The molecule has 2 aromatic rings. The number of nitrogens with zero attached hydrogens (tertiary/aromatic N) is 1. The summed E-state index contributed by atoms with van der Waals surface area (Å²) in [4.78, 5) is 15.1. The van der Waals surface area contributed by atoms with Crippen LogP contribution in [0.1, 0.15) is 16.9 Å². The van der Waals surface area contributed by atoms with E-state index in [2.05, 4.69) is 16.9 Å². The molecule has 1 aromatic carbocycles. The van der Waals surface area contributed by atoms with Gasteiger partial charge in [0.2, 0.25) is 0 Å². The van der Waals surface area contributed by atoms with Gasteiger partial charge in [0.15, 0.2) is 5.69 Å². The Morgan fingerprint density at radius 1 is 1.44 bits per heavy atom. The number of carboxylic acids is 1. The van der Waals surface area contributed by atoms with Gasteiger partial charge in [-0.05, 0) is 17.9 Å². The van der Waals surface area contributed by atoms with Crippen molar-refractivity contribution < 1.29 is 9.90 Å². The van der Waals surface area contributed by atoms with Gasteiger partial charge in [0.1, 0.15) is 5.82 Å². The number of pyridine rings is 1. The van der Waals surface area contributed by atoms with E-state index >= 15 is 0 Å². The van der Waals surface area contributed by atoms with Crippen LogP contribution in [0, 0.1) is 0 Å². The first-order valence-electron chi connectivity index (χ1n) is 5.70. The molecule has 1 aromatic heterocycles. The fourth-order valence-corrected chi connectivity index (χ4v) is 1.74. The molecule has 0 saturated carbocycles. The zero-order valence-electron chi connectivity index (χ0n) is 9.89. The number of fused-ring (bicyclic) bond motifs is 1. The van der Waals surface area contributed by atoms with E-state index in [0.717, 1.165) is 17.2 Å². The molecule has 0 aliphatic heterocycles. The van der Waals surface area contributed by atoms with Crippen molar-refractivity contribution in [1.82, 2.24) is 4.98 Å². The number of hydrogen-bond acceptors (Lipinski definition) is 3. The Hall–Kier alpha value is -2.36. The molecular formula is C14H14N2O2. The summed E-state index contributed by atoms with van der Waals surface area (Å²) in [6, 6.07) is 9.16. The van der Waals surface area contributed by atoms with Crippen LogP contribution in [-0.4, -0.2) is 22.6 Å². The highest BCUT2D eigenvalue weighted by Crippen LogP contribution is 2.22. The first-order chi connectivity index (χ1) is 8.72. The Morgan fingerprint density at radius 3 is 2.94 bits per heavy atom. The SMILES string of the molecule is C=CCCNc1nc(C(=O)O)cc2ccccc12. The minimum atomic E-state index is -1.02. The van der Waals surface area contributed by atoms with Crippen molar-refractivity contribution >= 4 is 22.6 Å². The maximum atomic E-state index is 11.0. The average molecular weight is 242 g/mol. The Bertz CT molecular complexity index is 593. The third kappa shape index (κ3) is 2.48. The number of benzene rings is 1. The summed E-state index contributed by atoms with van der Waals surface area (Å²) >= 11 is 0. The minimum Gasteiger partial charge on any atom is -0.477 e. The van der Waals surface area contributed by atoms with Crippen molar-refractivity contribution in [1.29, 1.82) is 0 Å². The van der Waals surface area contributed by atoms with Crippen molar-refractivity contribution in [3.8, 4) is 0 Å². The zero-order valence-corrected chi connectivity index (χ0v) is 9.89. The number of aromatic carboxylic acids is 1. The Balaban J connectivity index is 2.46. The van der Waals surface area contributed by atoms with Crippen LogP contribution in [0.15, 0.2) is 43.0 Å². The second-order valence-corrected chi connectivity index (χ2v) is 3.89. The summed E-state index contributed by atoms with van der Waals surface area (Å²) in [5, 5.41) is 14.0. The second kappa shape index (κ2) is 5.31. The van der Waals surface area contributed by atoms with Crippen LogP contribution in [0.2, 0.25) is 0 Å². The molecule has 0 radical (unpaired) electrons. The van der Waals surface area contributed by atoms with E-state index in [9.17, 15) is 4.79 Å².